The van der Waals surface area contributed by atoms with Gasteiger partial charge in [-0.1, -0.05) is 29.4 Å². The quantitative estimate of drug-likeness (QED) is 0.649. The Kier molecular flexibility index (Phi) is 4.99. The number of carbonyl (C=O) groups excluding carboxylic acids is 2. The molecule has 29 heavy (non-hydrogen) atoms. The fourth-order valence-electron chi connectivity index (χ4n) is 3.37. The number of hydrogen-bond donors (Lipinski definition) is 2. The van der Waals surface area contributed by atoms with Crippen LogP contribution in [0.5, 0.6) is 0 Å². The van der Waals surface area contributed by atoms with E-state index in [2.05, 4.69) is 15.4 Å². The van der Waals surface area contributed by atoms with Crippen LogP contribution in [0.25, 0.3) is 16.8 Å². The molecule has 1 atom stereocenters. The van der Waals surface area contributed by atoms with Crippen molar-refractivity contribution in [3.05, 3.63) is 39.4 Å². The van der Waals surface area contributed by atoms with E-state index in [1.165, 1.54) is 16.8 Å². The number of aromatic nitrogens is 3. The van der Waals surface area contributed by atoms with Gasteiger partial charge in [0.1, 0.15) is 10.0 Å². The van der Waals surface area contributed by atoms with Gasteiger partial charge in [0, 0.05) is 23.7 Å². The number of amides is 2. The number of nitrogens with one attached hydrogen (secondary N) is 1. The molecule has 0 aliphatic heterocycles. The third-order valence-corrected chi connectivity index (χ3v) is 6.16. The van der Waals surface area contributed by atoms with Gasteiger partial charge in [0.15, 0.2) is 5.01 Å². The number of halogens is 3. The summed E-state index contributed by atoms with van der Waals surface area (Å²) in [6.45, 7) is 0. The van der Waals surface area contributed by atoms with Crippen molar-refractivity contribution in [1.82, 2.24) is 19.9 Å². The first kappa shape index (κ1) is 19.7. The molecule has 152 valence electrons. The normalized spacial score (nSPS) is 18.7. The van der Waals surface area contributed by atoms with Gasteiger partial charge < -0.3 is 11.1 Å². The van der Waals surface area contributed by atoms with E-state index in [0.717, 1.165) is 11.3 Å². The second kappa shape index (κ2) is 7.34. The molecule has 3 heterocycles. The molecule has 1 aliphatic carbocycles. The highest BCUT2D eigenvalue weighted by atomic mass is 35.5. The molecule has 1 fully saturated rings. The zero-order valence-electron chi connectivity index (χ0n) is 15.0. The lowest BCUT2D eigenvalue weighted by atomic mass is 9.91. The summed E-state index contributed by atoms with van der Waals surface area (Å²) in [5.41, 5.74) is 6.91. The third kappa shape index (κ3) is 3.69. The van der Waals surface area contributed by atoms with Crippen LogP contribution in [0.2, 0.25) is 4.34 Å². The summed E-state index contributed by atoms with van der Waals surface area (Å²) in [5, 5.41) is 6.55. The van der Waals surface area contributed by atoms with E-state index in [9.17, 15) is 18.4 Å². The third-order valence-electron chi connectivity index (χ3n) is 4.91. The van der Waals surface area contributed by atoms with Crippen molar-refractivity contribution < 1.29 is 18.4 Å². The molecule has 3 aromatic rings. The number of rotatable bonds is 4. The number of hydrogen-bond acceptors (Lipinski definition) is 5. The summed E-state index contributed by atoms with van der Waals surface area (Å²) in [5.74, 6) is -4.23. The van der Waals surface area contributed by atoms with Crippen molar-refractivity contribution in [2.45, 2.75) is 37.6 Å². The minimum atomic E-state index is -2.94. The molecule has 1 saturated carbocycles. The van der Waals surface area contributed by atoms with E-state index in [0.29, 0.717) is 23.9 Å². The number of thiazole rings is 1. The van der Waals surface area contributed by atoms with Crippen molar-refractivity contribution in [2.24, 2.45) is 5.73 Å². The topological polar surface area (TPSA) is 102 Å². The molecule has 0 aromatic carbocycles. The molecule has 0 unspecified atom stereocenters. The Morgan fingerprint density at radius 2 is 2.17 bits per heavy atom. The zero-order chi connectivity index (χ0) is 20.8. The predicted molar refractivity (Wildman–Crippen MR) is 104 cm³/mol. The number of fused-ring (bicyclic) bond motifs is 1. The first-order chi connectivity index (χ1) is 13.8. The molecule has 1 aliphatic rings. The van der Waals surface area contributed by atoms with Gasteiger partial charge in [-0.15, -0.1) is 0 Å². The molecule has 7 nitrogen and oxygen atoms in total. The van der Waals surface area contributed by atoms with Gasteiger partial charge in [-0.25, -0.2) is 18.3 Å². The SMILES string of the molecule is NC(=O)c1ccn2ncc(-c3nc(C(=O)N[C@@H]4CCCCC4(F)F)sc3Cl)c2c1. The predicted octanol–water partition coefficient (Wildman–Crippen LogP) is 3.52. The van der Waals surface area contributed by atoms with Crippen LogP contribution in [0.4, 0.5) is 8.78 Å². The van der Waals surface area contributed by atoms with Crippen molar-refractivity contribution in [3.63, 3.8) is 0 Å². The summed E-state index contributed by atoms with van der Waals surface area (Å²) in [6.07, 6.45) is 4.11. The van der Waals surface area contributed by atoms with E-state index >= 15 is 0 Å². The van der Waals surface area contributed by atoms with Gasteiger partial charge in [-0.05, 0) is 25.0 Å². The van der Waals surface area contributed by atoms with Crippen LogP contribution < -0.4 is 11.1 Å². The summed E-state index contributed by atoms with van der Waals surface area (Å²) in [6, 6.07) is 1.85. The fourth-order valence-corrected chi connectivity index (χ4v) is 4.45. The molecular formula is C18H16ClF2N5O2S. The molecule has 3 aromatic heterocycles. The zero-order valence-corrected chi connectivity index (χ0v) is 16.6. The monoisotopic (exact) mass is 439 g/mol. The molecule has 4 rings (SSSR count). The number of nitrogens with two attached hydrogens (primary N) is 1. The minimum absolute atomic E-state index is 0.0169. The lowest BCUT2D eigenvalue weighted by molar-refractivity contribution is -0.0609. The first-order valence-electron chi connectivity index (χ1n) is 8.89. The van der Waals surface area contributed by atoms with E-state index in [-0.39, 0.29) is 33.4 Å². The van der Waals surface area contributed by atoms with Crippen molar-refractivity contribution in [2.75, 3.05) is 0 Å². The maximum Gasteiger partial charge on any atom is 0.280 e. The van der Waals surface area contributed by atoms with E-state index < -0.39 is 23.8 Å². The Bertz CT molecular complexity index is 1110. The molecule has 0 bridgehead atoms. The molecule has 0 spiro atoms. The second-order valence-corrected chi connectivity index (χ2v) is 8.44. The van der Waals surface area contributed by atoms with Gasteiger partial charge >= 0.3 is 0 Å². The van der Waals surface area contributed by atoms with Crippen LogP contribution >= 0.6 is 22.9 Å². The van der Waals surface area contributed by atoms with Crippen LogP contribution in [-0.4, -0.2) is 38.4 Å². The number of pyridine rings is 1. The van der Waals surface area contributed by atoms with Crippen LogP contribution in [0.3, 0.4) is 0 Å². The lowest BCUT2D eigenvalue weighted by Crippen LogP contribution is -2.49. The molecule has 0 radical (unpaired) electrons. The second-order valence-electron chi connectivity index (χ2n) is 6.84. The smallest absolute Gasteiger partial charge is 0.280 e. The maximum absolute atomic E-state index is 14.0. The average molecular weight is 440 g/mol. The van der Waals surface area contributed by atoms with Crippen LogP contribution in [0.15, 0.2) is 24.5 Å². The molecule has 11 heteroatoms. The van der Waals surface area contributed by atoms with Gasteiger partial charge in [0.05, 0.1) is 17.8 Å². The number of primary amides is 1. The summed E-state index contributed by atoms with van der Waals surface area (Å²) in [7, 11) is 0. The highest BCUT2D eigenvalue weighted by Crippen LogP contribution is 2.36. The Morgan fingerprint density at radius 1 is 1.38 bits per heavy atom. The summed E-state index contributed by atoms with van der Waals surface area (Å²) >= 11 is 7.18. The standard InChI is InChI=1S/C18H16ClF2N5O2S/c19-14-13(10-8-23-26-6-4-9(15(22)27)7-11(10)26)25-17(29-14)16(28)24-12-3-1-2-5-18(12,20)21/h4,6-8,12H,1-3,5H2,(H2,22,27)(H,24,28)/t12-/m1/s1. The Balaban J connectivity index is 1.65. The van der Waals surface area contributed by atoms with Gasteiger partial charge in [-0.2, -0.15) is 5.10 Å². The first-order valence-corrected chi connectivity index (χ1v) is 10.1. The van der Waals surface area contributed by atoms with E-state index in [4.69, 9.17) is 17.3 Å². The van der Waals surface area contributed by atoms with Crippen LogP contribution in [0, 0.1) is 0 Å². The number of nitrogens with zero attached hydrogens (tertiary/aromatic N) is 3. The van der Waals surface area contributed by atoms with E-state index in [1.807, 2.05) is 0 Å². The largest absolute Gasteiger partial charge is 0.366 e. The van der Waals surface area contributed by atoms with Gasteiger partial charge in [0.2, 0.25) is 5.91 Å². The Hall–Kier alpha value is -2.59. The van der Waals surface area contributed by atoms with Crippen molar-refractivity contribution >= 4 is 40.3 Å². The lowest BCUT2D eigenvalue weighted by Gasteiger charge is -2.31. The van der Waals surface area contributed by atoms with Crippen molar-refractivity contribution in [1.29, 1.82) is 0 Å². The van der Waals surface area contributed by atoms with E-state index in [1.54, 1.807) is 12.3 Å². The molecule has 3 N–H and O–H groups in total. The minimum Gasteiger partial charge on any atom is -0.366 e. The highest BCUT2D eigenvalue weighted by molar-refractivity contribution is 7.18. The summed E-state index contributed by atoms with van der Waals surface area (Å²) < 4.78 is 29.8. The van der Waals surface area contributed by atoms with Crippen molar-refractivity contribution in [3.8, 4) is 11.3 Å². The highest BCUT2D eigenvalue weighted by Gasteiger charge is 2.42. The molecule has 0 saturated heterocycles. The van der Waals surface area contributed by atoms with Crippen LogP contribution in [0.1, 0.15) is 45.8 Å². The fraction of sp³-hybridized carbons (Fsp3) is 0.333. The Morgan fingerprint density at radius 3 is 2.90 bits per heavy atom. The van der Waals surface area contributed by atoms with Gasteiger partial charge in [0.25, 0.3) is 11.8 Å². The summed E-state index contributed by atoms with van der Waals surface area (Å²) in [4.78, 5) is 28.2. The van der Waals surface area contributed by atoms with Gasteiger partial charge in [-0.3, -0.25) is 9.59 Å². The number of carbonyl (C=O) groups is 2. The number of alkyl halides is 2. The molecule has 2 amide bonds. The Labute approximate surface area is 172 Å². The van der Waals surface area contributed by atoms with Crippen LogP contribution in [-0.2, 0) is 0 Å². The molecular weight excluding hydrogens is 424 g/mol. The maximum atomic E-state index is 14.0. The average Bonchev–Trinajstić information content (AvgIpc) is 3.25.